The molecule has 2 aromatic rings. The maximum Gasteiger partial charge on any atom is 0.352 e. The monoisotopic (exact) mass is 257 g/mol. The number of nitrogens with zero attached hydrogens (tertiary/aromatic N) is 1. The molecule has 0 aliphatic carbocycles. The van der Waals surface area contributed by atoms with Crippen molar-refractivity contribution in [3.8, 4) is 0 Å². The number of nitrogens with one attached hydrogen (secondary N) is 2. The summed E-state index contributed by atoms with van der Waals surface area (Å²) in [6.07, 6.45) is 0.887. The largest absolute Gasteiger partial charge is 0.477 e. The van der Waals surface area contributed by atoms with E-state index >= 15 is 0 Å². The van der Waals surface area contributed by atoms with Gasteiger partial charge < -0.3 is 10.1 Å². The summed E-state index contributed by atoms with van der Waals surface area (Å²) in [6, 6.07) is 1.09. The van der Waals surface area contributed by atoms with Crippen LogP contribution in [0.5, 0.6) is 0 Å². The molecule has 90 valence electrons. The van der Waals surface area contributed by atoms with Crippen LogP contribution in [0.2, 0.25) is 0 Å². The molecular weight excluding hydrogens is 250 g/mol. The summed E-state index contributed by atoms with van der Waals surface area (Å²) in [7, 11) is -3.66. The molecule has 17 heavy (non-hydrogen) atoms. The van der Waals surface area contributed by atoms with Gasteiger partial charge in [0.2, 0.25) is 15.0 Å². The minimum absolute atomic E-state index is 0.00481. The standard InChI is InChI=1S/C8H7N3O5S/c1-17(15,16)8-10-5-3(6(12)11-8)2-4(9-5)7(13)14/h2H,1H3,(H,13,14)(H2,9,10,11,12). The van der Waals surface area contributed by atoms with Gasteiger partial charge in [0, 0.05) is 6.26 Å². The number of fused-ring (bicyclic) bond motifs is 1. The van der Waals surface area contributed by atoms with Crippen LogP contribution in [0, 0.1) is 0 Å². The minimum atomic E-state index is -3.66. The van der Waals surface area contributed by atoms with Gasteiger partial charge >= 0.3 is 5.97 Å². The summed E-state index contributed by atoms with van der Waals surface area (Å²) in [5.74, 6) is -1.26. The van der Waals surface area contributed by atoms with Crippen LogP contribution in [-0.2, 0) is 9.84 Å². The van der Waals surface area contributed by atoms with E-state index in [-0.39, 0.29) is 16.7 Å². The highest BCUT2D eigenvalue weighted by molar-refractivity contribution is 7.90. The van der Waals surface area contributed by atoms with Crippen molar-refractivity contribution in [3.05, 3.63) is 22.1 Å². The van der Waals surface area contributed by atoms with Crippen LogP contribution < -0.4 is 5.56 Å². The van der Waals surface area contributed by atoms with E-state index in [1.54, 1.807) is 0 Å². The third kappa shape index (κ3) is 1.91. The zero-order valence-corrected chi connectivity index (χ0v) is 9.33. The van der Waals surface area contributed by atoms with Crippen LogP contribution in [0.1, 0.15) is 10.5 Å². The van der Waals surface area contributed by atoms with Gasteiger partial charge in [0.25, 0.3) is 5.56 Å². The molecule has 0 aliphatic rings. The fraction of sp³-hybridized carbons (Fsp3) is 0.125. The van der Waals surface area contributed by atoms with E-state index in [4.69, 9.17) is 5.11 Å². The summed E-state index contributed by atoms with van der Waals surface area (Å²) in [4.78, 5) is 30.3. The highest BCUT2D eigenvalue weighted by Crippen LogP contribution is 2.10. The fourth-order valence-corrected chi connectivity index (χ4v) is 1.82. The lowest BCUT2D eigenvalue weighted by atomic mass is 10.3. The normalized spacial score (nSPS) is 11.8. The summed E-state index contributed by atoms with van der Waals surface area (Å²) in [5, 5.41) is 8.21. The molecule has 2 rings (SSSR count). The van der Waals surface area contributed by atoms with Crippen LogP contribution in [0.15, 0.2) is 16.0 Å². The van der Waals surface area contributed by atoms with Gasteiger partial charge in [-0.15, -0.1) is 0 Å². The first-order valence-corrected chi connectivity index (χ1v) is 6.24. The van der Waals surface area contributed by atoms with Gasteiger partial charge in [0.05, 0.1) is 5.39 Å². The van der Waals surface area contributed by atoms with Gasteiger partial charge in [-0.2, -0.15) is 0 Å². The number of aromatic carboxylic acids is 1. The number of hydrogen-bond donors (Lipinski definition) is 3. The van der Waals surface area contributed by atoms with Crippen LogP contribution >= 0.6 is 0 Å². The highest BCUT2D eigenvalue weighted by Gasteiger charge is 2.16. The Balaban J connectivity index is 2.83. The maximum atomic E-state index is 11.5. The van der Waals surface area contributed by atoms with Crippen molar-refractivity contribution < 1.29 is 18.3 Å². The molecule has 9 heteroatoms. The van der Waals surface area contributed by atoms with Gasteiger partial charge in [-0.25, -0.2) is 18.2 Å². The molecule has 0 saturated heterocycles. The molecule has 0 bridgehead atoms. The Kier molecular flexibility index (Phi) is 2.28. The van der Waals surface area contributed by atoms with Gasteiger partial charge in [-0.1, -0.05) is 0 Å². The van der Waals surface area contributed by atoms with E-state index in [1.165, 1.54) is 0 Å². The Morgan fingerprint density at radius 1 is 1.41 bits per heavy atom. The molecular formula is C8H7N3O5S. The number of aromatic nitrogens is 3. The molecule has 0 unspecified atom stereocenters. The van der Waals surface area contributed by atoms with Gasteiger partial charge in [0.15, 0.2) is 0 Å². The van der Waals surface area contributed by atoms with Gasteiger partial charge in [0.1, 0.15) is 11.3 Å². The number of rotatable bonds is 2. The quantitative estimate of drug-likeness (QED) is 0.612. The van der Waals surface area contributed by atoms with Crippen LogP contribution in [0.4, 0.5) is 0 Å². The molecule has 0 aliphatic heterocycles. The average molecular weight is 257 g/mol. The van der Waals surface area contributed by atoms with Crippen molar-refractivity contribution in [3.63, 3.8) is 0 Å². The smallest absolute Gasteiger partial charge is 0.352 e. The van der Waals surface area contributed by atoms with Crippen LogP contribution in [-0.4, -0.2) is 40.7 Å². The summed E-state index contributed by atoms with van der Waals surface area (Å²) in [5.41, 5.74) is -1.02. The zero-order chi connectivity index (χ0) is 12.8. The summed E-state index contributed by atoms with van der Waals surface area (Å²) in [6.45, 7) is 0. The van der Waals surface area contributed by atoms with E-state index in [9.17, 15) is 18.0 Å². The molecule has 0 spiro atoms. The third-order valence-corrected chi connectivity index (χ3v) is 2.95. The lowest BCUT2D eigenvalue weighted by molar-refractivity contribution is 0.0691. The fourth-order valence-electron chi connectivity index (χ4n) is 1.29. The van der Waals surface area contributed by atoms with E-state index < -0.39 is 26.5 Å². The number of aromatic amines is 2. The molecule has 3 N–H and O–H groups in total. The second kappa shape index (κ2) is 3.42. The van der Waals surface area contributed by atoms with Gasteiger partial charge in [-0.3, -0.25) is 9.78 Å². The molecule has 0 atom stereocenters. The Morgan fingerprint density at radius 3 is 2.59 bits per heavy atom. The second-order valence-electron chi connectivity index (χ2n) is 3.39. The Morgan fingerprint density at radius 2 is 2.06 bits per heavy atom. The molecule has 0 aromatic carbocycles. The molecule has 2 heterocycles. The van der Waals surface area contributed by atoms with E-state index in [0.29, 0.717) is 0 Å². The molecule has 0 radical (unpaired) electrons. The Labute approximate surface area is 94.2 Å². The van der Waals surface area contributed by atoms with Crippen molar-refractivity contribution in [1.29, 1.82) is 0 Å². The van der Waals surface area contributed by atoms with Crippen molar-refractivity contribution in [1.82, 2.24) is 15.0 Å². The third-order valence-electron chi connectivity index (χ3n) is 2.06. The zero-order valence-electron chi connectivity index (χ0n) is 8.51. The highest BCUT2D eigenvalue weighted by atomic mass is 32.2. The van der Waals surface area contributed by atoms with E-state index in [2.05, 4.69) is 15.0 Å². The Bertz CT molecular complexity index is 770. The van der Waals surface area contributed by atoms with E-state index in [0.717, 1.165) is 12.3 Å². The average Bonchev–Trinajstić information content (AvgIpc) is 2.60. The van der Waals surface area contributed by atoms with Crippen molar-refractivity contribution >= 4 is 26.8 Å². The van der Waals surface area contributed by atoms with Crippen molar-refractivity contribution in [2.75, 3.05) is 6.26 Å². The number of H-pyrrole nitrogens is 2. The van der Waals surface area contributed by atoms with Crippen LogP contribution in [0.25, 0.3) is 11.0 Å². The SMILES string of the molecule is CS(=O)(=O)c1nc2[nH]c(C(=O)O)cc2c(=O)[nH]1. The lowest BCUT2D eigenvalue weighted by Gasteiger charge is -1.96. The van der Waals surface area contributed by atoms with Crippen LogP contribution in [0.3, 0.4) is 0 Å². The second-order valence-corrected chi connectivity index (χ2v) is 5.32. The van der Waals surface area contributed by atoms with Crippen molar-refractivity contribution in [2.45, 2.75) is 5.16 Å². The summed E-state index contributed by atoms with van der Waals surface area (Å²) < 4.78 is 22.4. The number of sulfone groups is 1. The predicted octanol–water partition coefficient (Wildman–Crippen LogP) is -0.647. The molecule has 0 fully saturated rings. The number of carbonyl (C=O) groups is 1. The maximum absolute atomic E-state index is 11.5. The number of hydrogen-bond acceptors (Lipinski definition) is 5. The Hall–Kier alpha value is -2.16. The van der Waals surface area contributed by atoms with E-state index in [1.807, 2.05) is 0 Å². The topological polar surface area (TPSA) is 133 Å². The lowest BCUT2D eigenvalue weighted by Crippen LogP contribution is -2.14. The predicted molar refractivity (Wildman–Crippen MR) is 56.8 cm³/mol. The minimum Gasteiger partial charge on any atom is -0.477 e. The first-order chi connectivity index (χ1) is 7.79. The first kappa shape index (κ1) is 11.3. The summed E-state index contributed by atoms with van der Waals surface area (Å²) >= 11 is 0. The molecule has 2 aromatic heterocycles. The van der Waals surface area contributed by atoms with Gasteiger partial charge in [-0.05, 0) is 6.07 Å². The number of carboxylic acid groups (broad SMARTS) is 1. The van der Waals surface area contributed by atoms with Crippen molar-refractivity contribution in [2.24, 2.45) is 0 Å². The first-order valence-electron chi connectivity index (χ1n) is 4.35. The molecule has 0 saturated carbocycles. The molecule has 8 nitrogen and oxygen atoms in total. The number of carboxylic acids is 1. The molecule has 0 amide bonds.